The maximum Gasteiger partial charge on any atom is 0.340 e. The Morgan fingerprint density at radius 2 is 1.74 bits per heavy atom. The number of rotatable bonds is 4. The van der Waals surface area contributed by atoms with Crippen molar-refractivity contribution in [2.45, 2.75) is 13.8 Å². The van der Waals surface area contributed by atoms with Gasteiger partial charge in [-0.25, -0.2) is 4.79 Å². The van der Waals surface area contributed by atoms with Gasteiger partial charge in [-0.2, -0.15) is 0 Å². The standard InChI is InChI=1S/C22H21NO4/c1-14-6-5-7-16(12-14)13-19-20(22(25)27-4)15(2)23(21(19)24)17-8-10-18(26-3)11-9-17/h5-13H,1-4H3/b19-13-. The van der Waals surface area contributed by atoms with Crippen molar-refractivity contribution in [3.63, 3.8) is 0 Å². The maximum absolute atomic E-state index is 13.2. The van der Waals surface area contributed by atoms with Gasteiger partial charge in [0.25, 0.3) is 5.91 Å². The second-order valence-corrected chi connectivity index (χ2v) is 6.26. The fourth-order valence-corrected chi connectivity index (χ4v) is 3.15. The van der Waals surface area contributed by atoms with Crippen LogP contribution in [0.5, 0.6) is 5.75 Å². The van der Waals surface area contributed by atoms with E-state index in [1.165, 1.54) is 12.0 Å². The second-order valence-electron chi connectivity index (χ2n) is 6.26. The summed E-state index contributed by atoms with van der Waals surface area (Å²) in [6.45, 7) is 3.72. The first kappa shape index (κ1) is 18.5. The van der Waals surface area contributed by atoms with E-state index in [9.17, 15) is 9.59 Å². The zero-order chi connectivity index (χ0) is 19.6. The van der Waals surface area contributed by atoms with Gasteiger partial charge in [-0.05, 0) is 49.8 Å². The molecule has 0 radical (unpaired) electrons. The quantitative estimate of drug-likeness (QED) is 0.611. The Hall–Kier alpha value is -3.34. The van der Waals surface area contributed by atoms with Gasteiger partial charge in [0, 0.05) is 11.4 Å². The van der Waals surface area contributed by atoms with Crippen molar-refractivity contribution in [2.24, 2.45) is 0 Å². The van der Waals surface area contributed by atoms with E-state index in [-0.39, 0.29) is 11.5 Å². The molecule has 0 saturated heterocycles. The van der Waals surface area contributed by atoms with Gasteiger partial charge in [0.1, 0.15) is 5.75 Å². The summed E-state index contributed by atoms with van der Waals surface area (Å²) < 4.78 is 10.1. The molecule has 0 atom stereocenters. The van der Waals surface area contributed by atoms with Crippen molar-refractivity contribution in [3.8, 4) is 5.75 Å². The second kappa shape index (κ2) is 7.50. The first-order chi connectivity index (χ1) is 13.0. The molecular weight excluding hydrogens is 342 g/mol. The molecule has 27 heavy (non-hydrogen) atoms. The summed E-state index contributed by atoms with van der Waals surface area (Å²) in [5.41, 5.74) is 3.72. The lowest BCUT2D eigenvalue weighted by atomic mass is 10.0. The van der Waals surface area contributed by atoms with Gasteiger partial charge in [-0.3, -0.25) is 9.69 Å². The number of nitrogens with zero attached hydrogens (tertiary/aromatic N) is 1. The first-order valence-corrected chi connectivity index (χ1v) is 8.52. The van der Waals surface area contributed by atoms with Crippen LogP contribution < -0.4 is 9.64 Å². The summed E-state index contributed by atoms with van der Waals surface area (Å²) in [5, 5.41) is 0. The lowest BCUT2D eigenvalue weighted by Crippen LogP contribution is -2.24. The molecule has 2 aromatic carbocycles. The van der Waals surface area contributed by atoms with Crippen LogP contribution in [0.3, 0.4) is 0 Å². The molecule has 0 spiro atoms. The topological polar surface area (TPSA) is 55.8 Å². The smallest absolute Gasteiger partial charge is 0.340 e. The van der Waals surface area contributed by atoms with Crippen molar-refractivity contribution in [3.05, 3.63) is 76.5 Å². The molecule has 0 unspecified atom stereocenters. The summed E-state index contributed by atoms with van der Waals surface area (Å²) in [6.07, 6.45) is 1.73. The van der Waals surface area contributed by atoms with Crippen molar-refractivity contribution < 1.29 is 19.1 Å². The molecule has 1 aliphatic rings. The van der Waals surface area contributed by atoms with E-state index < -0.39 is 5.97 Å². The summed E-state index contributed by atoms with van der Waals surface area (Å²) in [6, 6.07) is 14.9. The molecule has 2 aromatic rings. The SMILES string of the molecule is COC(=O)C1=C(C)N(c2ccc(OC)cc2)C(=O)/C1=C\c1cccc(C)c1. The molecule has 1 aliphatic heterocycles. The van der Waals surface area contributed by atoms with Gasteiger partial charge in [0.2, 0.25) is 0 Å². The van der Waals surface area contributed by atoms with Crippen molar-refractivity contribution in [1.29, 1.82) is 0 Å². The number of benzene rings is 2. The van der Waals surface area contributed by atoms with E-state index in [2.05, 4.69) is 0 Å². The number of amides is 1. The number of allylic oxidation sites excluding steroid dienone is 1. The number of carbonyl (C=O) groups is 2. The van der Waals surface area contributed by atoms with E-state index in [1.54, 1.807) is 44.4 Å². The Labute approximate surface area is 158 Å². The molecule has 3 rings (SSSR count). The number of ether oxygens (including phenoxy) is 2. The average Bonchev–Trinajstić information content (AvgIpc) is 2.91. The molecule has 1 amide bonds. The van der Waals surface area contributed by atoms with E-state index in [4.69, 9.17) is 9.47 Å². The maximum atomic E-state index is 13.2. The van der Waals surface area contributed by atoms with Crippen LogP contribution in [0.1, 0.15) is 18.1 Å². The van der Waals surface area contributed by atoms with Crippen LogP contribution in [-0.2, 0) is 14.3 Å². The number of methoxy groups -OCH3 is 2. The summed E-state index contributed by atoms with van der Waals surface area (Å²) in [7, 11) is 2.90. The van der Waals surface area contributed by atoms with E-state index >= 15 is 0 Å². The number of hydrogen-bond acceptors (Lipinski definition) is 4. The van der Waals surface area contributed by atoms with Crippen LogP contribution in [-0.4, -0.2) is 26.1 Å². The molecule has 0 fully saturated rings. The molecule has 138 valence electrons. The van der Waals surface area contributed by atoms with E-state index in [1.807, 2.05) is 31.2 Å². The summed E-state index contributed by atoms with van der Waals surface area (Å²) >= 11 is 0. The summed E-state index contributed by atoms with van der Waals surface area (Å²) in [4.78, 5) is 27.1. The Morgan fingerprint density at radius 1 is 1.04 bits per heavy atom. The highest BCUT2D eigenvalue weighted by molar-refractivity contribution is 6.23. The Bertz CT molecular complexity index is 955. The third-order valence-electron chi connectivity index (χ3n) is 4.47. The first-order valence-electron chi connectivity index (χ1n) is 8.52. The van der Waals surface area contributed by atoms with Crippen molar-refractivity contribution >= 4 is 23.6 Å². The summed E-state index contributed by atoms with van der Waals surface area (Å²) in [5.74, 6) is -0.105. The minimum atomic E-state index is -0.532. The normalized spacial score (nSPS) is 15.5. The van der Waals surface area contributed by atoms with Crippen LogP contribution in [0.15, 0.2) is 65.4 Å². The van der Waals surface area contributed by atoms with E-state index in [0.29, 0.717) is 22.7 Å². The van der Waals surface area contributed by atoms with Gasteiger partial charge in [0.05, 0.1) is 25.4 Å². The fourth-order valence-electron chi connectivity index (χ4n) is 3.15. The molecule has 5 nitrogen and oxygen atoms in total. The van der Waals surface area contributed by atoms with E-state index in [0.717, 1.165) is 11.1 Å². The van der Waals surface area contributed by atoms with Gasteiger partial charge in [0.15, 0.2) is 0 Å². The zero-order valence-corrected chi connectivity index (χ0v) is 15.8. The Kier molecular flexibility index (Phi) is 5.12. The van der Waals surface area contributed by atoms with Crippen molar-refractivity contribution in [1.82, 2.24) is 0 Å². The average molecular weight is 363 g/mol. The van der Waals surface area contributed by atoms with Crippen LogP contribution in [0, 0.1) is 6.92 Å². The lowest BCUT2D eigenvalue weighted by Gasteiger charge is -2.18. The third kappa shape index (κ3) is 3.49. The molecule has 0 N–H and O–H groups in total. The highest BCUT2D eigenvalue weighted by atomic mass is 16.5. The number of anilines is 1. The van der Waals surface area contributed by atoms with Crippen LogP contribution in [0.2, 0.25) is 0 Å². The Morgan fingerprint density at radius 3 is 2.33 bits per heavy atom. The predicted octanol–water partition coefficient (Wildman–Crippen LogP) is 3.88. The van der Waals surface area contributed by atoms with Gasteiger partial charge in [-0.15, -0.1) is 0 Å². The molecular formula is C22H21NO4. The zero-order valence-electron chi connectivity index (χ0n) is 15.8. The number of hydrogen-bond donors (Lipinski definition) is 0. The predicted molar refractivity (Wildman–Crippen MR) is 104 cm³/mol. The molecule has 0 aliphatic carbocycles. The van der Waals surface area contributed by atoms with Crippen LogP contribution in [0.25, 0.3) is 6.08 Å². The molecule has 0 saturated carbocycles. The Balaban J connectivity index is 2.11. The number of aryl methyl sites for hydroxylation is 1. The van der Waals surface area contributed by atoms with Gasteiger partial charge < -0.3 is 9.47 Å². The fraction of sp³-hybridized carbons (Fsp3) is 0.182. The van der Waals surface area contributed by atoms with Crippen LogP contribution in [0.4, 0.5) is 5.69 Å². The van der Waals surface area contributed by atoms with Crippen molar-refractivity contribution in [2.75, 3.05) is 19.1 Å². The molecule has 1 heterocycles. The molecule has 0 bridgehead atoms. The highest BCUT2D eigenvalue weighted by Gasteiger charge is 2.37. The minimum Gasteiger partial charge on any atom is -0.497 e. The lowest BCUT2D eigenvalue weighted by molar-refractivity contribution is -0.136. The monoisotopic (exact) mass is 363 g/mol. The van der Waals surface area contributed by atoms with Gasteiger partial charge in [-0.1, -0.05) is 29.8 Å². The van der Waals surface area contributed by atoms with Gasteiger partial charge >= 0.3 is 5.97 Å². The number of carbonyl (C=O) groups excluding carboxylic acids is 2. The minimum absolute atomic E-state index is 0.264. The molecule has 0 aromatic heterocycles. The highest BCUT2D eigenvalue weighted by Crippen LogP contribution is 2.36. The third-order valence-corrected chi connectivity index (χ3v) is 4.47. The number of esters is 1. The molecule has 5 heteroatoms. The van der Waals surface area contributed by atoms with Crippen LogP contribution >= 0.6 is 0 Å². The largest absolute Gasteiger partial charge is 0.497 e.